The van der Waals surface area contributed by atoms with Crippen LogP contribution in [0.2, 0.25) is 0 Å². The molecular formula is C65H64N10O12S+2. The average Bonchev–Trinajstić information content (AvgIpc) is 2.92. The molecule has 0 radical (unpaired) electrons. The van der Waals surface area contributed by atoms with Crippen LogP contribution in [-0.4, -0.2) is 123 Å². The molecule has 2 saturated heterocycles. The van der Waals surface area contributed by atoms with E-state index in [1.807, 2.05) is 73.7 Å². The first-order valence-corrected chi connectivity index (χ1v) is 30.2. The smallest absolute Gasteiger partial charge is 0.457 e. The highest BCUT2D eigenvalue weighted by molar-refractivity contribution is 7.66. The lowest BCUT2D eigenvalue weighted by molar-refractivity contribution is -0.868. The zero-order valence-corrected chi connectivity index (χ0v) is 48.9. The van der Waals surface area contributed by atoms with E-state index in [2.05, 4.69) is 36.2 Å². The van der Waals surface area contributed by atoms with Gasteiger partial charge in [0.2, 0.25) is 36.0 Å². The Morgan fingerprint density at radius 2 is 1.47 bits per heavy atom. The van der Waals surface area contributed by atoms with Gasteiger partial charge in [0.05, 0.1) is 56.2 Å². The van der Waals surface area contributed by atoms with E-state index in [0.717, 1.165) is 49.8 Å². The summed E-state index contributed by atoms with van der Waals surface area (Å²) in [6.45, 7) is 2.28. The number of nitrogens with zero attached hydrogens (tertiary/aromatic N) is 4. The summed E-state index contributed by atoms with van der Waals surface area (Å²) in [5.74, 6) is -1.83. The monoisotopic (exact) mass is 1210 g/mol. The number of para-hydroxylation sites is 2. The number of unbranched alkanes of at least 4 members (excludes halogenated alkanes) is 2. The van der Waals surface area contributed by atoms with Crippen molar-refractivity contribution < 1.29 is 61.2 Å². The van der Waals surface area contributed by atoms with E-state index in [-0.39, 0.29) is 57.4 Å². The summed E-state index contributed by atoms with van der Waals surface area (Å²) in [6.07, 6.45) is 9.92. The van der Waals surface area contributed by atoms with Gasteiger partial charge in [-0.05, 0) is 98.0 Å². The molecule has 3 aliphatic heterocycles. The third kappa shape index (κ3) is 13.1. The van der Waals surface area contributed by atoms with E-state index in [9.17, 15) is 37.8 Å². The van der Waals surface area contributed by atoms with Crippen molar-refractivity contribution in [2.45, 2.75) is 81.8 Å². The Labute approximate surface area is 508 Å². The van der Waals surface area contributed by atoms with Crippen LogP contribution in [0, 0.1) is 5.92 Å². The molecule has 5 aromatic heterocycles. The minimum Gasteiger partial charge on any atom is -0.457 e. The lowest BCUT2D eigenvalue weighted by Gasteiger charge is -2.25. The fraction of sp³-hybridized carbons (Fsp3) is 0.308. The van der Waals surface area contributed by atoms with Crippen molar-refractivity contribution in [3.05, 3.63) is 168 Å². The van der Waals surface area contributed by atoms with Crippen molar-refractivity contribution in [1.82, 2.24) is 46.0 Å². The molecule has 3 unspecified atom stereocenters. The first-order valence-electron chi connectivity index (χ1n) is 29.4. The Morgan fingerprint density at radius 3 is 2.30 bits per heavy atom. The van der Waals surface area contributed by atoms with Gasteiger partial charge in [-0.3, -0.25) is 33.8 Å². The van der Waals surface area contributed by atoms with Crippen LogP contribution in [0.15, 0.2) is 138 Å². The van der Waals surface area contributed by atoms with Crippen LogP contribution in [0.1, 0.15) is 94.7 Å². The number of likely N-dealkylation sites (tertiary alicyclic amines) is 2. The van der Waals surface area contributed by atoms with Crippen LogP contribution >= 0.6 is 0 Å². The molecule has 0 spiro atoms. The van der Waals surface area contributed by atoms with Gasteiger partial charge in [0.15, 0.2) is 0 Å². The van der Waals surface area contributed by atoms with Gasteiger partial charge in [-0.2, -0.15) is 4.84 Å². The van der Waals surface area contributed by atoms with Gasteiger partial charge in [-0.25, -0.2) is 4.79 Å². The molecule has 23 heteroatoms. The molecule has 4 aromatic carbocycles. The lowest BCUT2D eigenvalue weighted by Crippen LogP contribution is -2.49. The number of aromatic nitrogens is 4. The summed E-state index contributed by atoms with van der Waals surface area (Å²) in [6, 6.07) is 30.8. The zero-order valence-electron chi connectivity index (χ0n) is 48.1. The van der Waals surface area contributed by atoms with Gasteiger partial charge in [0.1, 0.15) is 34.7 Å². The lowest BCUT2D eigenvalue weighted by atomic mass is 9.99. The van der Waals surface area contributed by atoms with Gasteiger partial charge < -0.3 is 54.9 Å². The molecule has 0 bridgehead atoms. The Balaban J connectivity index is 0.578. The second-order valence-corrected chi connectivity index (χ2v) is 23.4. The average molecular weight is 1210 g/mol. The van der Waals surface area contributed by atoms with Crippen LogP contribution in [0.4, 0.5) is 0 Å². The number of benzene rings is 4. The summed E-state index contributed by atoms with van der Waals surface area (Å²) in [5, 5.41) is 14.1. The quantitative estimate of drug-likeness (QED) is 0.0243. The SMILES string of the molecule is C[C@@H](NC(=O)C1CC(COCCCCCC(=O)O[n+]2ccc3[nH]c(CNC(=O)C4C[C@@H]([S+]=O)CN4C(=O)CNC(=O)c4ccc5oc6ccccc6c5c4)cc3c2)CN1C(=O)CNC(=O)c1ccc2c(c1)Oc1ccccc1C2)c1cc2cnccc2[nH]1. The number of aromatic amines is 2. The third-order valence-corrected chi connectivity index (χ3v) is 17.0. The van der Waals surface area contributed by atoms with E-state index < -0.39 is 58.9 Å². The van der Waals surface area contributed by atoms with E-state index in [0.29, 0.717) is 96.1 Å². The Kier molecular flexibility index (Phi) is 17.3. The molecule has 2 fully saturated rings. The summed E-state index contributed by atoms with van der Waals surface area (Å²) in [5.41, 5.74) is 7.08. The summed E-state index contributed by atoms with van der Waals surface area (Å²) in [4.78, 5) is 114. The fourth-order valence-electron chi connectivity index (χ4n) is 11.8. The number of rotatable bonds is 22. The van der Waals surface area contributed by atoms with Gasteiger partial charge >= 0.3 is 17.6 Å². The number of hydrogen-bond donors (Lipinski definition) is 6. The highest BCUT2D eigenvalue weighted by Crippen LogP contribution is 2.37. The normalized spacial score (nSPS) is 17.3. The Morgan fingerprint density at radius 1 is 0.727 bits per heavy atom. The minimum atomic E-state index is -0.913. The number of H-pyrrole nitrogens is 2. The second kappa shape index (κ2) is 26.0. The molecule has 3 aliphatic rings. The molecule has 0 saturated carbocycles. The van der Waals surface area contributed by atoms with Crippen molar-refractivity contribution in [3.63, 3.8) is 0 Å². The summed E-state index contributed by atoms with van der Waals surface area (Å²) < 4.78 is 31.3. The minimum absolute atomic E-state index is 0.0632. The van der Waals surface area contributed by atoms with E-state index in [4.69, 9.17) is 18.7 Å². The molecule has 88 heavy (non-hydrogen) atoms. The standard InChI is InChI=1S/C65H62N10O12S/c1-38(52-27-44-30-66-20-18-50(44)72-52)70-65(82)53-23-39(34-74(53)59(76)32-69-63(80)43-15-14-41-24-40-9-4-6-11-55(40)85-58(41)28-43)37-84-22-8-2-3-13-61(78)87-73-21-19-51-45(35-73)25-46(71-51)31-67-64(81)54-29-47(88-83)36-75(54)60(77)33-68-62(79)42-16-17-57-49(26-42)48-10-5-7-12-56(48)86-57/h4-7,9-12,14-21,25-28,30,35,38-39,47,53-54H,2-3,8,13,22-24,29,31-34,36-37H2,1H3,(H4-,66,67,68,69,70,72,79,80,81,82)/p+2/t38-,39?,47-,53?,54?/m1/s1. The number of furan rings is 1. The molecule has 0 aliphatic carbocycles. The number of carbonyl (C=O) groups excluding carboxylic acids is 7. The molecule has 9 aromatic rings. The molecule has 12 rings (SSSR count). The van der Waals surface area contributed by atoms with Crippen molar-refractivity contribution >= 4 is 96.8 Å². The zero-order chi connectivity index (χ0) is 60.8. The van der Waals surface area contributed by atoms with Gasteiger partial charge in [-0.1, -0.05) is 48.9 Å². The predicted octanol–water partition coefficient (Wildman–Crippen LogP) is 6.43. The van der Waals surface area contributed by atoms with Crippen LogP contribution in [0.5, 0.6) is 11.5 Å². The number of fused-ring (bicyclic) bond motifs is 7. The Hall–Kier alpha value is -9.87. The molecule has 450 valence electrons. The van der Waals surface area contributed by atoms with Crippen molar-refractivity contribution in [1.29, 1.82) is 0 Å². The maximum Gasteiger partial charge on any atom is 0.464 e. The van der Waals surface area contributed by atoms with Crippen LogP contribution in [0.3, 0.4) is 0 Å². The van der Waals surface area contributed by atoms with Crippen LogP contribution in [0.25, 0.3) is 43.7 Å². The van der Waals surface area contributed by atoms with Crippen LogP contribution in [-0.2, 0) is 57.6 Å². The molecule has 22 nitrogen and oxygen atoms in total. The number of ether oxygens (including phenoxy) is 2. The summed E-state index contributed by atoms with van der Waals surface area (Å²) in [7, 11) is 0. The maximum atomic E-state index is 14.0. The van der Waals surface area contributed by atoms with Gasteiger partial charge in [-0.15, -0.1) is 0 Å². The molecule has 5 atom stereocenters. The molecule has 8 heterocycles. The van der Waals surface area contributed by atoms with Gasteiger partial charge in [0.25, 0.3) is 17.1 Å². The number of carbonyl (C=O) groups is 7. The van der Waals surface area contributed by atoms with Crippen molar-refractivity contribution in [2.75, 3.05) is 39.4 Å². The largest absolute Gasteiger partial charge is 0.464 e. The number of pyridine rings is 2. The number of amides is 6. The molecule has 6 N–H and O–H groups in total. The highest BCUT2D eigenvalue weighted by atomic mass is 32.1. The second-order valence-electron chi connectivity index (χ2n) is 22.5. The Bertz CT molecular complexity index is 4150. The van der Waals surface area contributed by atoms with E-state index in [1.165, 1.54) is 14.5 Å². The maximum absolute atomic E-state index is 14.0. The first kappa shape index (κ1) is 58.5. The highest BCUT2D eigenvalue weighted by Gasteiger charge is 2.46. The van der Waals surface area contributed by atoms with Crippen molar-refractivity contribution in [3.8, 4) is 11.5 Å². The van der Waals surface area contributed by atoms with Crippen molar-refractivity contribution in [2.24, 2.45) is 5.92 Å². The first-order chi connectivity index (χ1) is 42.8. The van der Waals surface area contributed by atoms with Crippen LogP contribution < -0.4 is 35.6 Å². The van der Waals surface area contributed by atoms with E-state index in [1.54, 1.807) is 67.3 Å². The van der Waals surface area contributed by atoms with Gasteiger partial charge in [0, 0.05) is 104 Å². The molecule has 6 amide bonds. The molecular weight excluding hydrogens is 1140 g/mol. The third-order valence-electron chi connectivity index (χ3n) is 16.4. The predicted molar refractivity (Wildman–Crippen MR) is 324 cm³/mol. The number of nitrogens with one attached hydrogen (secondary N) is 6. The summed E-state index contributed by atoms with van der Waals surface area (Å²) >= 11 is 0.338. The number of hydrogen-bond acceptors (Lipinski definition) is 13. The topological polar surface area (TPSA) is 280 Å². The van der Waals surface area contributed by atoms with E-state index >= 15 is 0 Å². The fourth-order valence-corrected chi connectivity index (χ4v) is 12.3.